The van der Waals surface area contributed by atoms with Crippen molar-refractivity contribution in [3.8, 4) is 0 Å². The second-order valence-electron chi connectivity index (χ2n) is 7.77. The Morgan fingerprint density at radius 1 is 1.03 bits per heavy atom. The minimum Gasteiger partial charge on any atom is -0.357 e. The summed E-state index contributed by atoms with van der Waals surface area (Å²) < 4.78 is 38.2. The summed E-state index contributed by atoms with van der Waals surface area (Å²) in [6, 6.07) is 5.32. The Labute approximate surface area is 178 Å². The van der Waals surface area contributed by atoms with E-state index in [0.717, 1.165) is 88.9 Å². The number of hydrogen-bond donors (Lipinski definition) is 1. The molecule has 1 aromatic rings. The lowest BCUT2D eigenvalue weighted by molar-refractivity contribution is -0.137. The van der Waals surface area contributed by atoms with Crippen molar-refractivity contribution in [2.24, 2.45) is 4.99 Å². The molecule has 1 heterocycles. The molecule has 0 aliphatic carbocycles. The molecule has 0 spiro atoms. The number of benzene rings is 1. The van der Waals surface area contributed by atoms with Crippen LogP contribution in [0.25, 0.3) is 0 Å². The van der Waals surface area contributed by atoms with Crippen molar-refractivity contribution in [2.75, 3.05) is 59.4 Å². The zero-order valence-electron chi connectivity index (χ0n) is 18.5. The molecule has 0 saturated carbocycles. The molecule has 0 radical (unpaired) electrons. The summed E-state index contributed by atoms with van der Waals surface area (Å²) in [5.41, 5.74) is 0.202. The fourth-order valence-corrected chi connectivity index (χ4v) is 3.58. The number of nitrogens with one attached hydrogen (secondary N) is 1. The zero-order chi connectivity index (χ0) is 22.0. The quantitative estimate of drug-likeness (QED) is 0.372. The SMILES string of the molecule is CCNC(=NCCCCN1CCN(CC)CC1)N(C)Cc1ccc(C(F)(F)F)cc1. The van der Waals surface area contributed by atoms with E-state index in [9.17, 15) is 13.2 Å². The van der Waals surface area contributed by atoms with Gasteiger partial charge in [0.25, 0.3) is 0 Å². The molecule has 170 valence electrons. The lowest BCUT2D eigenvalue weighted by Crippen LogP contribution is -2.46. The number of halogens is 3. The smallest absolute Gasteiger partial charge is 0.357 e. The van der Waals surface area contributed by atoms with Crippen LogP contribution in [-0.2, 0) is 12.7 Å². The Kier molecular flexibility index (Phi) is 9.91. The minimum atomic E-state index is -4.30. The molecule has 0 unspecified atom stereocenters. The first-order valence-electron chi connectivity index (χ1n) is 10.9. The summed E-state index contributed by atoms with van der Waals surface area (Å²) in [5, 5.41) is 3.27. The fraction of sp³-hybridized carbons (Fsp3) is 0.682. The van der Waals surface area contributed by atoms with E-state index in [0.29, 0.717) is 6.54 Å². The van der Waals surface area contributed by atoms with Gasteiger partial charge in [0.1, 0.15) is 0 Å². The second kappa shape index (κ2) is 12.2. The highest BCUT2D eigenvalue weighted by molar-refractivity contribution is 5.79. The van der Waals surface area contributed by atoms with Gasteiger partial charge in [0.15, 0.2) is 5.96 Å². The molecule has 0 bridgehead atoms. The van der Waals surface area contributed by atoms with Crippen LogP contribution in [0.2, 0.25) is 0 Å². The van der Waals surface area contributed by atoms with E-state index in [1.807, 2.05) is 18.9 Å². The van der Waals surface area contributed by atoms with Crippen LogP contribution in [0.1, 0.15) is 37.8 Å². The van der Waals surface area contributed by atoms with Gasteiger partial charge in [-0.3, -0.25) is 4.99 Å². The molecule has 1 fully saturated rings. The lowest BCUT2D eigenvalue weighted by atomic mass is 10.1. The Morgan fingerprint density at radius 3 is 2.23 bits per heavy atom. The van der Waals surface area contributed by atoms with Crippen LogP contribution in [0.15, 0.2) is 29.3 Å². The fourth-order valence-electron chi connectivity index (χ4n) is 3.58. The average Bonchev–Trinajstić information content (AvgIpc) is 2.73. The van der Waals surface area contributed by atoms with E-state index in [1.165, 1.54) is 12.1 Å². The first kappa shape index (κ1) is 24.5. The van der Waals surface area contributed by atoms with Gasteiger partial charge in [0, 0.05) is 52.9 Å². The number of unbranched alkanes of at least 4 members (excludes halogenated alkanes) is 1. The van der Waals surface area contributed by atoms with Crippen molar-refractivity contribution in [2.45, 2.75) is 39.4 Å². The third-order valence-corrected chi connectivity index (χ3v) is 5.45. The third-order valence-electron chi connectivity index (χ3n) is 5.45. The number of rotatable bonds is 9. The summed E-state index contributed by atoms with van der Waals surface area (Å²) in [4.78, 5) is 11.7. The number of guanidine groups is 1. The highest BCUT2D eigenvalue weighted by Gasteiger charge is 2.29. The van der Waals surface area contributed by atoms with Gasteiger partial charge >= 0.3 is 6.18 Å². The molecule has 0 atom stereocenters. The van der Waals surface area contributed by atoms with Crippen LogP contribution in [0.3, 0.4) is 0 Å². The van der Waals surface area contributed by atoms with E-state index >= 15 is 0 Å². The van der Waals surface area contributed by atoms with Crippen LogP contribution in [0.5, 0.6) is 0 Å². The van der Waals surface area contributed by atoms with E-state index in [-0.39, 0.29) is 0 Å². The predicted octanol–water partition coefficient (Wildman–Crippen LogP) is 3.52. The van der Waals surface area contributed by atoms with Gasteiger partial charge in [0.2, 0.25) is 0 Å². The number of piperazine rings is 1. The lowest BCUT2D eigenvalue weighted by Gasteiger charge is -2.33. The molecule has 5 nitrogen and oxygen atoms in total. The van der Waals surface area contributed by atoms with Gasteiger partial charge in [-0.2, -0.15) is 13.2 Å². The highest BCUT2D eigenvalue weighted by Crippen LogP contribution is 2.29. The number of hydrogen-bond acceptors (Lipinski definition) is 3. The van der Waals surface area contributed by atoms with Crippen LogP contribution >= 0.6 is 0 Å². The van der Waals surface area contributed by atoms with Gasteiger partial charge in [-0.1, -0.05) is 19.1 Å². The van der Waals surface area contributed by atoms with Crippen LogP contribution in [0.4, 0.5) is 13.2 Å². The summed E-state index contributed by atoms with van der Waals surface area (Å²) in [7, 11) is 1.91. The summed E-state index contributed by atoms with van der Waals surface area (Å²) >= 11 is 0. The maximum absolute atomic E-state index is 12.7. The molecule has 30 heavy (non-hydrogen) atoms. The van der Waals surface area contributed by atoms with Crippen molar-refractivity contribution < 1.29 is 13.2 Å². The number of likely N-dealkylation sites (N-methyl/N-ethyl adjacent to an activating group) is 1. The molecule has 1 aliphatic rings. The molecule has 1 aromatic carbocycles. The molecular weight excluding hydrogens is 391 g/mol. The Balaban J connectivity index is 1.77. The Morgan fingerprint density at radius 2 is 1.67 bits per heavy atom. The summed E-state index contributed by atoms with van der Waals surface area (Å²) in [6.45, 7) is 13.1. The maximum Gasteiger partial charge on any atom is 0.416 e. The Hall–Kier alpha value is -1.80. The largest absolute Gasteiger partial charge is 0.416 e. The summed E-state index contributed by atoms with van der Waals surface area (Å²) in [6.07, 6.45) is -2.15. The van der Waals surface area contributed by atoms with Gasteiger partial charge < -0.3 is 20.0 Å². The maximum atomic E-state index is 12.7. The van der Waals surface area contributed by atoms with Crippen molar-refractivity contribution in [1.29, 1.82) is 0 Å². The normalized spacial score (nSPS) is 16.7. The number of alkyl halides is 3. The molecule has 2 rings (SSSR count). The Bertz CT molecular complexity index is 637. The third kappa shape index (κ3) is 8.14. The van der Waals surface area contributed by atoms with Gasteiger partial charge in [-0.05, 0) is 50.6 Å². The minimum absolute atomic E-state index is 0.506. The molecule has 0 aromatic heterocycles. The summed E-state index contributed by atoms with van der Waals surface area (Å²) in [5.74, 6) is 0.786. The first-order valence-corrected chi connectivity index (χ1v) is 10.9. The van der Waals surface area contributed by atoms with E-state index < -0.39 is 11.7 Å². The van der Waals surface area contributed by atoms with Gasteiger partial charge in [0.05, 0.1) is 5.56 Å². The van der Waals surface area contributed by atoms with Gasteiger partial charge in [-0.15, -0.1) is 0 Å². The van der Waals surface area contributed by atoms with Crippen LogP contribution < -0.4 is 5.32 Å². The molecule has 1 N–H and O–H groups in total. The number of aliphatic imine (C=N–C) groups is 1. The average molecular weight is 428 g/mol. The van der Waals surface area contributed by atoms with E-state index in [2.05, 4.69) is 22.0 Å². The molecule has 8 heteroatoms. The van der Waals surface area contributed by atoms with E-state index in [1.54, 1.807) is 0 Å². The van der Waals surface area contributed by atoms with Crippen molar-refractivity contribution in [3.05, 3.63) is 35.4 Å². The topological polar surface area (TPSA) is 34.1 Å². The first-order chi connectivity index (χ1) is 14.3. The monoisotopic (exact) mass is 427 g/mol. The highest BCUT2D eigenvalue weighted by atomic mass is 19.4. The second-order valence-corrected chi connectivity index (χ2v) is 7.77. The predicted molar refractivity (Wildman–Crippen MR) is 117 cm³/mol. The van der Waals surface area contributed by atoms with E-state index in [4.69, 9.17) is 4.99 Å². The zero-order valence-corrected chi connectivity index (χ0v) is 18.5. The molecule has 0 amide bonds. The number of nitrogens with zero attached hydrogens (tertiary/aromatic N) is 4. The van der Waals surface area contributed by atoms with Crippen LogP contribution in [-0.4, -0.2) is 80.1 Å². The van der Waals surface area contributed by atoms with Crippen molar-refractivity contribution in [1.82, 2.24) is 20.0 Å². The molecular formula is C22H36F3N5. The molecule has 1 saturated heterocycles. The van der Waals surface area contributed by atoms with Gasteiger partial charge in [-0.25, -0.2) is 0 Å². The van der Waals surface area contributed by atoms with Crippen LogP contribution in [0, 0.1) is 0 Å². The molecule has 1 aliphatic heterocycles. The van der Waals surface area contributed by atoms with Crippen molar-refractivity contribution in [3.63, 3.8) is 0 Å². The standard InChI is InChI=1S/C22H36F3N5/c1-4-26-21(27-12-6-7-13-30-16-14-29(5-2)15-17-30)28(3)18-19-8-10-20(11-9-19)22(23,24)25/h8-11H,4-7,12-18H2,1-3H3,(H,26,27). The van der Waals surface area contributed by atoms with Crippen molar-refractivity contribution >= 4 is 5.96 Å².